The van der Waals surface area contributed by atoms with Crippen molar-refractivity contribution in [2.75, 3.05) is 0 Å². The van der Waals surface area contributed by atoms with Crippen LogP contribution in [0, 0.1) is 4.91 Å². The highest BCUT2D eigenvalue weighted by Gasteiger charge is 2.37. The molecular formula is C6H5N2O2+. The van der Waals surface area contributed by atoms with Crippen LogP contribution >= 0.6 is 0 Å². The Labute approximate surface area is 57.0 Å². The summed E-state index contributed by atoms with van der Waals surface area (Å²) >= 11 is 0. The number of nitrogens with zero attached hydrogens (tertiary/aromatic N) is 2. The molecule has 4 nitrogen and oxygen atoms in total. The summed E-state index contributed by atoms with van der Waals surface area (Å²) in [5.41, 5.74) is 0.664. The third kappa shape index (κ3) is 0.586. The predicted octanol–water partition coefficient (Wildman–Crippen LogP) is 0.561. The van der Waals surface area contributed by atoms with Crippen LogP contribution in [0.25, 0.3) is 0 Å². The molecule has 1 atom stereocenters. The molecule has 50 valence electrons. The Morgan fingerprint density at radius 2 is 2.50 bits per heavy atom. The van der Waals surface area contributed by atoms with Gasteiger partial charge < -0.3 is 0 Å². The fourth-order valence-electron chi connectivity index (χ4n) is 0.922. The van der Waals surface area contributed by atoms with Crippen LogP contribution < -0.4 is 0 Å². The van der Waals surface area contributed by atoms with Gasteiger partial charge in [-0.1, -0.05) is 12.2 Å². The van der Waals surface area contributed by atoms with Gasteiger partial charge in [0.05, 0.1) is 0 Å². The van der Waals surface area contributed by atoms with Crippen molar-refractivity contribution in [1.82, 2.24) is 0 Å². The van der Waals surface area contributed by atoms with Crippen LogP contribution in [0.2, 0.25) is 0 Å². The van der Waals surface area contributed by atoms with E-state index in [4.69, 9.17) is 0 Å². The Bertz CT molecular complexity index is 265. The molecule has 0 fully saturated rings. The highest BCUT2D eigenvalue weighted by molar-refractivity contribution is 6.00. The maximum Gasteiger partial charge on any atom is 0.273 e. The van der Waals surface area contributed by atoms with Crippen molar-refractivity contribution in [2.45, 2.75) is 6.04 Å². The van der Waals surface area contributed by atoms with Gasteiger partial charge in [0.1, 0.15) is 0 Å². The zero-order chi connectivity index (χ0) is 6.97. The standard InChI is InChI=1S/C6H5N2O2/c9-8-6-4-2-1-3-5(6)7-10-8/h1-4,6H/q+1. The molecule has 1 unspecified atom stereocenters. The van der Waals surface area contributed by atoms with Gasteiger partial charge in [-0.05, 0) is 22.0 Å². The summed E-state index contributed by atoms with van der Waals surface area (Å²) in [5, 5.41) is 3.53. The first-order valence-corrected chi connectivity index (χ1v) is 2.94. The molecule has 0 bridgehead atoms. The van der Waals surface area contributed by atoms with Gasteiger partial charge in [0, 0.05) is 0 Å². The zero-order valence-electron chi connectivity index (χ0n) is 5.10. The van der Waals surface area contributed by atoms with Crippen LogP contribution in [0.4, 0.5) is 0 Å². The molecule has 0 saturated carbocycles. The van der Waals surface area contributed by atoms with Crippen molar-refractivity contribution in [3.05, 3.63) is 29.2 Å². The van der Waals surface area contributed by atoms with Crippen molar-refractivity contribution in [2.24, 2.45) is 5.16 Å². The van der Waals surface area contributed by atoms with Crippen molar-refractivity contribution in [3.8, 4) is 0 Å². The summed E-state index contributed by atoms with van der Waals surface area (Å²) in [4.78, 5) is 15.5. The van der Waals surface area contributed by atoms with Crippen LogP contribution in [0.1, 0.15) is 0 Å². The Morgan fingerprint density at radius 1 is 1.60 bits per heavy atom. The largest absolute Gasteiger partial charge is 0.273 e. The number of hydrogen-bond donors (Lipinski definition) is 0. The molecule has 10 heavy (non-hydrogen) atoms. The minimum atomic E-state index is -0.329. The van der Waals surface area contributed by atoms with Crippen molar-refractivity contribution in [1.29, 1.82) is 0 Å². The van der Waals surface area contributed by atoms with Crippen LogP contribution in [0.3, 0.4) is 0 Å². The number of allylic oxidation sites excluding steroid dienone is 2. The third-order valence-corrected chi connectivity index (χ3v) is 1.43. The maximum atomic E-state index is 10.7. The Balaban J connectivity index is 2.39. The molecule has 0 aromatic heterocycles. The minimum absolute atomic E-state index is 0.329. The smallest absolute Gasteiger partial charge is 0.0611 e. The molecule has 2 aliphatic rings. The lowest BCUT2D eigenvalue weighted by Crippen LogP contribution is -2.23. The Kier molecular flexibility index (Phi) is 0.943. The first-order chi connectivity index (χ1) is 4.88. The second-order valence-corrected chi connectivity index (χ2v) is 2.07. The fraction of sp³-hybridized carbons (Fsp3) is 0.167. The van der Waals surface area contributed by atoms with E-state index in [0.717, 1.165) is 0 Å². The second kappa shape index (κ2) is 1.76. The van der Waals surface area contributed by atoms with Gasteiger partial charge in [-0.2, -0.15) is 0 Å². The summed E-state index contributed by atoms with van der Waals surface area (Å²) in [6, 6.07) is -0.329. The fourth-order valence-corrected chi connectivity index (χ4v) is 0.922. The molecule has 0 aromatic carbocycles. The van der Waals surface area contributed by atoms with Crippen LogP contribution in [-0.2, 0) is 4.94 Å². The van der Waals surface area contributed by atoms with Crippen LogP contribution in [0.15, 0.2) is 29.5 Å². The van der Waals surface area contributed by atoms with Gasteiger partial charge in [0.2, 0.25) is 0 Å². The molecule has 0 saturated heterocycles. The molecule has 0 N–H and O–H groups in total. The SMILES string of the molecule is O=[N+]1ON=C2C=CC=CC21. The normalized spacial score (nSPS) is 27.8. The van der Waals surface area contributed by atoms with E-state index in [1.807, 2.05) is 6.08 Å². The van der Waals surface area contributed by atoms with Crippen molar-refractivity contribution < 1.29 is 9.86 Å². The summed E-state index contributed by atoms with van der Waals surface area (Å²) in [5.74, 6) is 0. The maximum absolute atomic E-state index is 10.7. The summed E-state index contributed by atoms with van der Waals surface area (Å²) in [6.07, 6.45) is 7.10. The molecule has 0 aromatic rings. The van der Waals surface area contributed by atoms with E-state index < -0.39 is 0 Å². The molecule has 0 spiro atoms. The van der Waals surface area contributed by atoms with E-state index in [0.29, 0.717) is 10.6 Å². The van der Waals surface area contributed by atoms with Gasteiger partial charge in [-0.25, -0.2) is 0 Å². The highest BCUT2D eigenvalue weighted by atomic mass is 16.9. The molecular weight excluding hydrogens is 132 g/mol. The van der Waals surface area contributed by atoms with Gasteiger partial charge >= 0.3 is 0 Å². The quantitative estimate of drug-likeness (QED) is 0.489. The Morgan fingerprint density at radius 3 is 3.30 bits per heavy atom. The van der Waals surface area contributed by atoms with Crippen LogP contribution in [-0.4, -0.2) is 16.7 Å². The minimum Gasteiger partial charge on any atom is -0.0611 e. The molecule has 2 rings (SSSR count). The van der Waals surface area contributed by atoms with Crippen molar-refractivity contribution >= 4 is 5.71 Å². The summed E-state index contributed by atoms with van der Waals surface area (Å²) < 4.78 is 0. The van der Waals surface area contributed by atoms with E-state index in [1.165, 1.54) is 0 Å². The first kappa shape index (κ1) is 5.34. The lowest BCUT2D eigenvalue weighted by atomic mass is 10.1. The third-order valence-electron chi connectivity index (χ3n) is 1.43. The molecule has 4 heteroatoms. The van der Waals surface area contributed by atoms with Crippen LogP contribution in [0.5, 0.6) is 0 Å². The lowest BCUT2D eigenvalue weighted by molar-refractivity contribution is -0.802. The molecule has 1 aliphatic carbocycles. The summed E-state index contributed by atoms with van der Waals surface area (Å²) in [6.45, 7) is 0. The molecule has 0 amide bonds. The van der Waals surface area contributed by atoms with E-state index in [9.17, 15) is 4.91 Å². The first-order valence-electron chi connectivity index (χ1n) is 2.94. The van der Waals surface area contributed by atoms with E-state index in [1.54, 1.807) is 18.2 Å². The number of hydrogen-bond acceptors (Lipinski definition) is 3. The van der Waals surface area contributed by atoms with E-state index in [-0.39, 0.29) is 6.04 Å². The zero-order valence-corrected chi connectivity index (χ0v) is 5.10. The van der Waals surface area contributed by atoms with Gasteiger partial charge in [-0.15, -0.1) is 0 Å². The van der Waals surface area contributed by atoms with E-state index >= 15 is 0 Å². The lowest BCUT2D eigenvalue weighted by Gasteiger charge is -1.93. The van der Waals surface area contributed by atoms with E-state index in [2.05, 4.69) is 10.1 Å². The highest BCUT2D eigenvalue weighted by Crippen LogP contribution is 2.11. The monoisotopic (exact) mass is 137 g/mol. The van der Waals surface area contributed by atoms with Gasteiger partial charge in [0.15, 0.2) is 10.1 Å². The molecule has 1 aliphatic heterocycles. The number of oxime groups is 1. The second-order valence-electron chi connectivity index (χ2n) is 2.07. The molecule has 0 radical (unpaired) electrons. The predicted molar refractivity (Wildman–Crippen MR) is 34.2 cm³/mol. The topological polar surface area (TPSA) is 41.7 Å². The number of fused-ring (bicyclic) bond motifs is 1. The number of rotatable bonds is 0. The van der Waals surface area contributed by atoms with Gasteiger partial charge in [0.25, 0.3) is 11.8 Å². The Hall–Kier alpha value is -1.45. The average Bonchev–Trinajstić information content (AvgIpc) is 2.34. The summed E-state index contributed by atoms with van der Waals surface area (Å²) in [7, 11) is 0. The molecule has 1 heterocycles. The van der Waals surface area contributed by atoms with Crippen molar-refractivity contribution in [3.63, 3.8) is 0 Å². The average molecular weight is 137 g/mol. The van der Waals surface area contributed by atoms with Gasteiger partial charge in [-0.3, -0.25) is 0 Å².